The van der Waals surface area contributed by atoms with E-state index >= 15 is 0 Å². The molecule has 3 N–H and O–H groups in total. The van der Waals surface area contributed by atoms with Gasteiger partial charge in [-0.2, -0.15) is 13.9 Å². The molecule has 0 radical (unpaired) electrons. The summed E-state index contributed by atoms with van der Waals surface area (Å²) in [5.74, 6) is 0. The van der Waals surface area contributed by atoms with Crippen LogP contribution in [0.5, 0.6) is 0 Å². The molecule has 4 rings (SSSR count). The Bertz CT molecular complexity index is 1120. The summed E-state index contributed by atoms with van der Waals surface area (Å²) >= 11 is 0. The van der Waals surface area contributed by atoms with E-state index in [0.29, 0.717) is 10.4 Å². The van der Waals surface area contributed by atoms with Crippen LogP contribution in [0.15, 0.2) is 21.7 Å². The van der Waals surface area contributed by atoms with Crippen molar-refractivity contribution in [2.24, 2.45) is 9.50 Å². The third-order valence-electron chi connectivity index (χ3n) is 5.53. The Balaban J connectivity index is 1.69. The predicted molar refractivity (Wildman–Crippen MR) is 103 cm³/mol. The van der Waals surface area contributed by atoms with Gasteiger partial charge in [0.25, 0.3) is 0 Å². The third-order valence-corrected chi connectivity index (χ3v) is 6.86. The number of aryl methyl sites for hydroxylation is 1. The molecule has 0 saturated carbocycles. The van der Waals surface area contributed by atoms with Gasteiger partial charge in [0.05, 0.1) is 17.6 Å². The lowest BCUT2D eigenvalue weighted by Gasteiger charge is -2.20. The van der Waals surface area contributed by atoms with Gasteiger partial charge in [0.15, 0.2) is 0 Å². The van der Waals surface area contributed by atoms with Crippen LogP contribution in [-0.2, 0) is 34.6 Å². The zero-order chi connectivity index (χ0) is 21.0. The molecule has 0 bridgehead atoms. The molecule has 2 aromatic rings. The van der Waals surface area contributed by atoms with Gasteiger partial charge < -0.3 is 5.32 Å². The van der Waals surface area contributed by atoms with E-state index in [2.05, 4.69) is 28.6 Å². The van der Waals surface area contributed by atoms with E-state index in [9.17, 15) is 17.8 Å². The van der Waals surface area contributed by atoms with E-state index in [-0.39, 0.29) is 10.3 Å². The maximum Gasteiger partial charge on any atom is 0.354 e. The Morgan fingerprint density at radius 3 is 2.79 bits per heavy atom. The molecule has 8 nitrogen and oxygen atoms in total. The molecular weight excluding hydrogens is 402 g/mol. The van der Waals surface area contributed by atoms with Gasteiger partial charge in [-0.15, -0.1) is 4.36 Å². The van der Waals surface area contributed by atoms with E-state index < -0.39 is 22.5 Å². The smallest absolute Gasteiger partial charge is 0.305 e. The molecule has 11 heteroatoms. The summed E-state index contributed by atoms with van der Waals surface area (Å²) in [5, 5.41) is 11.8. The van der Waals surface area contributed by atoms with Crippen LogP contribution in [-0.4, -0.2) is 25.0 Å². The number of hydrogen-bond acceptors (Lipinski definition) is 4. The van der Waals surface area contributed by atoms with Crippen LogP contribution in [0.3, 0.4) is 0 Å². The van der Waals surface area contributed by atoms with E-state index in [4.69, 9.17) is 10.1 Å². The van der Waals surface area contributed by atoms with Crippen molar-refractivity contribution in [3.8, 4) is 0 Å². The van der Waals surface area contributed by atoms with Crippen molar-refractivity contribution >= 4 is 21.6 Å². The SMILES string of the molecule is CC1(C)CCc2c1nc1c(c2NC(=O)N=S(N)(=O)c2cnn(C(F)F)c2)CCC1. The quantitative estimate of drug-likeness (QED) is 0.786. The molecule has 2 aliphatic rings. The first kappa shape index (κ1) is 19.9. The number of rotatable bonds is 3. The Kier molecular flexibility index (Phi) is 4.69. The average molecular weight is 424 g/mol. The summed E-state index contributed by atoms with van der Waals surface area (Å²) in [6.45, 7) is 1.34. The minimum absolute atomic E-state index is 0.0885. The van der Waals surface area contributed by atoms with E-state index in [1.54, 1.807) is 0 Å². The lowest BCUT2D eigenvalue weighted by molar-refractivity contribution is 0.0564. The van der Waals surface area contributed by atoms with Gasteiger partial charge in [-0.05, 0) is 43.2 Å². The summed E-state index contributed by atoms with van der Waals surface area (Å²) in [6, 6.07) is -0.880. The highest BCUT2D eigenvalue weighted by atomic mass is 32.2. The number of alkyl halides is 2. The van der Waals surface area contributed by atoms with Gasteiger partial charge in [0.2, 0.25) is 0 Å². The van der Waals surface area contributed by atoms with Crippen LogP contribution < -0.4 is 10.5 Å². The number of fused-ring (bicyclic) bond motifs is 2. The molecule has 0 spiro atoms. The Labute approximate surface area is 167 Å². The minimum Gasteiger partial charge on any atom is -0.305 e. The predicted octanol–water partition coefficient (Wildman–Crippen LogP) is 3.32. The van der Waals surface area contributed by atoms with Gasteiger partial charge in [-0.1, -0.05) is 13.8 Å². The second-order valence-electron chi connectivity index (χ2n) is 8.00. The summed E-state index contributed by atoms with van der Waals surface area (Å²) in [5.41, 5.74) is 4.50. The molecular formula is C18H22F2N6O2S. The fourth-order valence-corrected chi connectivity index (χ4v) is 4.87. The number of urea groups is 1. The van der Waals surface area contributed by atoms with Crippen molar-refractivity contribution in [2.45, 2.75) is 62.8 Å². The average Bonchev–Trinajstić information content (AvgIpc) is 3.34. The fraction of sp³-hybridized carbons (Fsp3) is 0.500. The molecule has 2 amide bonds. The maximum atomic E-state index is 12.7. The number of halogens is 2. The van der Waals surface area contributed by atoms with E-state index in [1.807, 2.05) is 0 Å². The molecule has 0 aromatic carbocycles. The first-order chi connectivity index (χ1) is 13.6. The van der Waals surface area contributed by atoms with Crippen LogP contribution in [0.4, 0.5) is 19.3 Å². The van der Waals surface area contributed by atoms with E-state index in [1.165, 1.54) is 0 Å². The van der Waals surface area contributed by atoms with Crippen molar-refractivity contribution < 1.29 is 17.8 Å². The van der Waals surface area contributed by atoms with Crippen molar-refractivity contribution in [3.63, 3.8) is 0 Å². The molecule has 2 aromatic heterocycles. The fourth-order valence-electron chi connectivity index (χ4n) is 4.02. The highest BCUT2D eigenvalue weighted by Gasteiger charge is 2.36. The van der Waals surface area contributed by atoms with Gasteiger partial charge in [0.1, 0.15) is 14.8 Å². The molecule has 0 fully saturated rings. The van der Waals surface area contributed by atoms with Crippen molar-refractivity contribution in [1.29, 1.82) is 0 Å². The number of aromatic nitrogens is 3. The monoisotopic (exact) mass is 424 g/mol. The Hall–Kier alpha value is -2.40. The number of carbonyl (C=O) groups excluding carboxylic acids is 1. The second-order valence-corrected chi connectivity index (χ2v) is 9.79. The lowest BCUT2D eigenvalue weighted by Crippen LogP contribution is -2.20. The minimum atomic E-state index is -3.71. The summed E-state index contributed by atoms with van der Waals surface area (Å²) in [4.78, 5) is 17.2. The number of nitrogens with one attached hydrogen (secondary N) is 1. The number of anilines is 1. The highest BCUT2D eigenvalue weighted by molar-refractivity contribution is 7.91. The normalized spacial score (nSPS) is 19.0. The number of nitrogens with two attached hydrogens (primary N) is 1. The third kappa shape index (κ3) is 3.52. The molecule has 0 saturated heterocycles. The number of carbonyl (C=O) groups is 1. The summed E-state index contributed by atoms with van der Waals surface area (Å²) < 4.78 is 41.9. The van der Waals surface area contributed by atoms with Crippen LogP contribution in [0.2, 0.25) is 0 Å². The summed E-state index contributed by atoms with van der Waals surface area (Å²) in [7, 11) is -3.71. The maximum absolute atomic E-state index is 12.7. The molecule has 1 atom stereocenters. The Morgan fingerprint density at radius 1 is 1.34 bits per heavy atom. The van der Waals surface area contributed by atoms with Crippen LogP contribution >= 0.6 is 0 Å². The number of hydrogen-bond donors (Lipinski definition) is 2. The number of amides is 2. The Morgan fingerprint density at radius 2 is 2.10 bits per heavy atom. The zero-order valence-electron chi connectivity index (χ0n) is 16.1. The molecule has 1 unspecified atom stereocenters. The van der Waals surface area contributed by atoms with Crippen molar-refractivity contribution in [1.82, 2.24) is 14.8 Å². The second kappa shape index (κ2) is 6.84. The number of nitrogens with zero attached hydrogens (tertiary/aromatic N) is 4. The highest BCUT2D eigenvalue weighted by Crippen LogP contribution is 2.44. The van der Waals surface area contributed by atoms with Gasteiger partial charge in [-0.25, -0.2) is 18.8 Å². The van der Waals surface area contributed by atoms with Crippen LogP contribution in [0.25, 0.3) is 0 Å². The number of pyridine rings is 1. The van der Waals surface area contributed by atoms with Gasteiger partial charge >= 0.3 is 12.6 Å². The van der Waals surface area contributed by atoms with Crippen LogP contribution in [0, 0.1) is 0 Å². The van der Waals surface area contributed by atoms with Crippen molar-refractivity contribution in [2.75, 3.05) is 5.32 Å². The molecule has 0 aliphatic heterocycles. The lowest BCUT2D eigenvalue weighted by atomic mass is 9.90. The molecule has 2 heterocycles. The topological polar surface area (TPSA) is 115 Å². The van der Waals surface area contributed by atoms with Gasteiger partial charge in [-0.3, -0.25) is 4.98 Å². The first-order valence-electron chi connectivity index (χ1n) is 9.32. The summed E-state index contributed by atoms with van der Waals surface area (Å²) in [6.07, 6.45) is 6.04. The van der Waals surface area contributed by atoms with Crippen LogP contribution in [0.1, 0.15) is 55.8 Å². The zero-order valence-corrected chi connectivity index (χ0v) is 16.9. The van der Waals surface area contributed by atoms with E-state index in [0.717, 1.165) is 67.0 Å². The molecule has 2 aliphatic carbocycles. The van der Waals surface area contributed by atoms with Crippen molar-refractivity contribution in [3.05, 3.63) is 34.9 Å². The molecule has 156 valence electrons. The standard InChI is InChI=1S/C18H22F2N6O2S/c1-18(2)7-6-12-14(11-4-3-5-13(11)23-15(12)18)24-17(27)25-29(21,28)10-8-22-26(9-10)16(19)20/h8-9,16H,3-7H2,1-2H3,(H3,21,23,24,25,27,28). The molecule has 29 heavy (non-hydrogen) atoms. The largest absolute Gasteiger partial charge is 0.354 e. The first-order valence-corrected chi connectivity index (χ1v) is 10.9. The van der Waals surface area contributed by atoms with Gasteiger partial charge in [0, 0.05) is 17.3 Å².